The zero-order chi connectivity index (χ0) is 20.4. The number of rotatable bonds is 6. The molecule has 0 bridgehead atoms. The number of nitrogens with one attached hydrogen (secondary N) is 1. The van der Waals surface area contributed by atoms with Crippen molar-refractivity contribution in [2.75, 3.05) is 12.0 Å². The van der Waals surface area contributed by atoms with E-state index in [0.717, 1.165) is 48.7 Å². The summed E-state index contributed by atoms with van der Waals surface area (Å²) < 4.78 is 9.70. The maximum atomic E-state index is 5.77. The Morgan fingerprint density at radius 2 is 1.93 bits per heavy atom. The first-order chi connectivity index (χ1) is 14.1. The summed E-state index contributed by atoms with van der Waals surface area (Å²) >= 11 is 6.98. The van der Waals surface area contributed by atoms with E-state index in [-0.39, 0.29) is 0 Å². The molecule has 148 valence electrons. The molecule has 4 aromatic rings. The van der Waals surface area contributed by atoms with E-state index in [9.17, 15) is 0 Å². The van der Waals surface area contributed by atoms with Crippen LogP contribution in [0.3, 0.4) is 0 Å². The predicted molar refractivity (Wildman–Crippen MR) is 123 cm³/mol. The summed E-state index contributed by atoms with van der Waals surface area (Å²) in [4.78, 5) is 4.57. The Bertz CT molecular complexity index is 1220. The Labute approximate surface area is 184 Å². The van der Waals surface area contributed by atoms with Crippen LogP contribution in [-0.4, -0.2) is 32.6 Å². The highest BCUT2D eigenvalue weighted by Gasteiger charge is 2.12. The normalized spacial score (nSPS) is 11.6. The number of ether oxygens (including phenoxy) is 1. The van der Waals surface area contributed by atoms with Gasteiger partial charge in [-0.15, -0.1) is 10.2 Å². The Kier molecular flexibility index (Phi) is 5.77. The molecule has 9 heteroatoms. The summed E-state index contributed by atoms with van der Waals surface area (Å²) in [5, 5.41) is 13.8. The van der Waals surface area contributed by atoms with Crippen LogP contribution in [0.25, 0.3) is 22.1 Å². The highest BCUT2D eigenvalue weighted by Crippen LogP contribution is 2.28. The molecule has 2 heterocycles. The van der Waals surface area contributed by atoms with Crippen LogP contribution in [-0.2, 0) is 7.05 Å². The van der Waals surface area contributed by atoms with Gasteiger partial charge in [-0.3, -0.25) is 0 Å². The van der Waals surface area contributed by atoms with Crippen molar-refractivity contribution in [3.63, 3.8) is 0 Å². The number of hydrogen-bond acceptors (Lipinski definition) is 6. The lowest BCUT2D eigenvalue weighted by Crippen LogP contribution is -2.02. The summed E-state index contributed by atoms with van der Waals surface area (Å²) in [6.45, 7) is 2.72. The number of fused-ring (bicyclic) bond motifs is 3. The Hall–Kier alpha value is -2.52. The largest absolute Gasteiger partial charge is 0.493 e. The molecule has 2 aromatic heterocycles. The molecule has 0 amide bonds. The van der Waals surface area contributed by atoms with Crippen molar-refractivity contribution in [2.24, 2.45) is 12.1 Å². The Morgan fingerprint density at radius 3 is 2.76 bits per heavy atom. The van der Waals surface area contributed by atoms with Crippen molar-refractivity contribution < 1.29 is 4.74 Å². The van der Waals surface area contributed by atoms with Gasteiger partial charge in [0.05, 0.1) is 18.3 Å². The Balaban J connectivity index is 1.61. The van der Waals surface area contributed by atoms with E-state index in [4.69, 9.17) is 4.74 Å². The number of benzene rings is 2. The van der Waals surface area contributed by atoms with Crippen molar-refractivity contribution in [3.05, 3.63) is 50.9 Å². The second-order valence-corrected chi connectivity index (χ2v) is 8.26. The number of anilines is 1. The summed E-state index contributed by atoms with van der Waals surface area (Å²) in [7, 11) is 1.96. The molecule has 4 rings (SSSR count). The third-order valence-corrected chi connectivity index (χ3v) is 5.35. The average Bonchev–Trinajstić information content (AvgIpc) is 2.98. The van der Waals surface area contributed by atoms with Crippen molar-refractivity contribution in [2.45, 2.75) is 13.3 Å². The number of aromatic nitrogens is 4. The first-order valence-electron chi connectivity index (χ1n) is 9.06. The smallest absolute Gasteiger partial charge is 0.265 e. The third-order valence-electron chi connectivity index (χ3n) is 4.36. The van der Waals surface area contributed by atoms with Crippen molar-refractivity contribution in [1.29, 1.82) is 0 Å². The molecule has 0 unspecified atom stereocenters. The van der Waals surface area contributed by atoms with Crippen LogP contribution in [0.2, 0.25) is 0 Å². The van der Waals surface area contributed by atoms with E-state index >= 15 is 0 Å². The van der Waals surface area contributed by atoms with Crippen molar-refractivity contribution in [3.8, 4) is 5.75 Å². The lowest BCUT2D eigenvalue weighted by molar-refractivity contribution is 0.317. The molecular weight excluding hydrogens is 500 g/mol. The summed E-state index contributed by atoms with van der Waals surface area (Å²) in [6, 6.07) is 11.8. The fraction of sp³-hybridized carbons (Fsp3) is 0.200. The highest BCUT2D eigenvalue weighted by molar-refractivity contribution is 9.10. The topological polar surface area (TPSA) is 77.2 Å². The molecule has 0 fully saturated rings. The SMILES string of the molecule is CCCOc1ccc(Br)cc1/C=N/Nc1nnc2c3cc(Br)ccc3n(C)c2n1. The van der Waals surface area contributed by atoms with Gasteiger partial charge in [-0.05, 0) is 42.8 Å². The van der Waals surface area contributed by atoms with E-state index in [1.165, 1.54) is 0 Å². The molecule has 0 saturated carbocycles. The van der Waals surface area contributed by atoms with Crippen molar-refractivity contribution >= 4 is 66.1 Å². The first-order valence-corrected chi connectivity index (χ1v) is 10.6. The van der Waals surface area contributed by atoms with Gasteiger partial charge in [0.2, 0.25) is 0 Å². The zero-order valence-corrected chi connectivity index (χ0v) is 19.0. The standard InChI is InChI=1S/C20H18Br2N6O/c1-3-8-29-17-7-5-13(21)9-12(17)11-23-26-20-24-19-18(25-27-20)15-10-14(22)4-6-16(15)28(19)2/h4-7,9-11H,3,8H2,1-2H3,(H,24,26,27)/b23-11+. The molecule has 1 N–H and O–H groups in total. The lowest BCUT2D eigenvalue weighted by Gasteiger charge is -2.08. The van der Waals surface area contributed by atoms with E-state index in [0.29, 0.717) is 12.6 Å². The van der Waals surface area contributed by atoms with Crippen LogP contribution >= 0.6 is 31.9 Å². The maximum Gasteiger partial charge on any atom is 0.265 e. The van der Waals surface area contributed by atoms with Crippen LogP contribution < -0.4 is 10.2 Å². The number of halogens is 2. The molecule has 2 aromatic carbocycles. The maximum absolute atomic E-state index is 5.77. The van der Waals surface area contributed by atoms with E-state index in [1.54, 1.807) is 6.21 Å². The molecule has 0 spiro atoms. The average molecular weight is 518 g/mol. The van der Waals surface area contributed by atoms with Crippen LogP contribution in [0.15, 0.2) is 50.4 Å². The minimum absolute atomic E-state index is 0.324. The number of aryl methyl sites for hydroxylation is 1. The fourth-order valence-corrected chi connectivity index (χ4v) is 3.74. The minimum atomic E-state index is 0.324. The summed E-state index contributed by atoms with van der Waals surface area (Å²) in [5.74, 6) is 1.10. The summed E-state index contributed by atoms with van der Waals surface area (Å²) in [6.07, 6.45) is 2.62. The second kappa shape index (κ2) is 8.46. The van der Waals surface area contributed by atoms with Crippen molar-refractivity contribution in [1.82, 2.24) is 19.7 Å². The number of hydrazone groups is 1. The second-order valence-electron chi connectivity index (χ2n) is 6.43. The van der Waals surface area contributed by atoms with Gasteiger partial charge in [-0.2, -0.15) is 10.1 Å². The molecule has 0 atom stereocenters. The van der Waals surface area contributed by atoms with Gasteiger partial charge < -0.3 is 9.30 Å². The lowest BCUT2D eigenvalue weighted by atomic mass is 10.2. The highest BCUT2D eigenvalue weighted by atomic mass is 79.9. The van der Waals surface area contributed by atoms with Gasteiger partial charge in [0.15, 0.2) is 5.65 Å². The fourth-order valence-electron chi connectivity index (χ4n) is 3.00. The summed E-state index contributed by atoms with van der Waals surface area (Å²) in [5.41, 5.74) is 6.24. The van der Waals surface area contributed by atoms with Crippen LogP contribution in [0.4, 0.5) is 5.95 Å². The van der Waals surface area contributed by atoms with Gasteiger partial charge in [0, 0.05) is 26.9 Å². The van der Waals surface area contributed by atoms with Crippen LogP contribution in [0.1, 0.15) is 18.9 Å². The zero-order valence-electron chi connectivity index (χ0n) is 15.9. The van der Waals surface area contributed by atoms with E-state index < -0.39 is 0 Å². The quantitative estimate of drug-likeness (QED) is 0.278. The van der Waals surface area contributed by atoms with Gasteiger partial charge in [-0.1, -0.05) is 38.8 Å². The van der Waals surface area contributed by atoms with Gasteiger partial charge in [0.1, 0.15) is 11.3 Å². The molecule has 0 aliphatic carbocycles. The predicted octanol–water partition coefficient (Wildman–Crippen LogP) is 5.28. The minimum Gasteiger partial charge on any atom is -0.493 e. The molecular formula is C20H18Br2N6O. The van der Waals surface area contributed by atoms with Crippen LogP contribution in [0, 0.1) is 0 Å². The molecule has 0 aliphatic heterocycles. The van der Waals surface area contributed by atoms with Gasteiger partial charge in [-0.25, -0.2) is 5.43 Å². The number of nitrogens with zero attached hydrogens (tertiary/aromatic N) is 5. The van der Waals surface area contributed by atoms with Crippen LogP contribution in [0.5, 0.6) is 5.75 Å². The third kappa shape index (κ3) is 4.11. The Morgan fingerprint density at radius 1 is 1.14 bits per heavy atom. The van der Waals surface area contributed by atoms with E-state index in [2.05, 4.69) is 64.5 Å². The molecule has 7 nitrogen and oxygen atoms in total. The molecule has 0 radical (unpaired) electrons. The van der Waals surface area contributed by atoms with E-state index in [1.807, 2.05) is 48.0 Å². The molecule has 0 saturated heterocycles. The first kappa shape index (κ1) is 19.8. The molecule has 0 aliphatic rings. The van der Waals surface area contributed by atoms with Gasteiger partial charge in [0.25, 0.3) is 5.95 Å². The monoisotopic (exact) mass is 516 g/mol. The number of hydrogen-bond donors (Lipinski definition) is 1. The molecule has 29 heavy (non-hydrogen) atoms. The van der Waals surface area contributed by atoms with Gasteiger partial charge >= 0.3 is 0 Å².